The lowest BCUT2D eigenvalue weighted by molar-refractivity contribution is -0.140. The Hall–Kier alpha value is -0.530. The Morgan fingerprint density at radius 2 is 1.91 bits per heavy atom. The van der Waals surface area contributed by atoms with Crippen molar-refractivity contribution >= 4 is 5.97 Å². The van der Waals surface area contributed by atoms with Crippen LogP contribution in [0.3, 0.4) is 0 Å². The maximum atomic E-state index is 10.8. The van der Waals surface area contributed by atoms with Gasteiger partial charge >= 0.3 is 5.97 Å². The van der Waals surface area contributed by atoms with Gasteiger partial charge in [0.05, 0.1) is 12.5 Å². The summed E-state index contributed by atoms with van der Waals surface area (Å²) in [6.07, 6.45) is 0. The summed E-state index contributed by atoms with van der Waals surface area (Å²) in [5, 5.41) is 0. The van der Waals surface area contributed by atoms with E-state index in [1.807, 2.05) is 34.6 Å². The van der Waals surface area contributed by atoms with Crippen LogP contribution in [-0.4, -0.2) is 12.6 Å². The Kier molecular flexibility index (Phi) is 3.56. The van der Waals surface area contributed by atoms with Gasteiger partial charge in [0.1, 0.15) is 0 Å². The first-order valence-electron chi connectivity index (χ1n) is 4.21. The van der Waals surface area contributed by atoms with Crippen LogP contribution in [0, 0.1) is 11.3 Å². The van der Waals surface area contributed by atoms with Crippen molar-refractivity contribution in [1.82, 2.24) is 0 Å². The highest BCUT2D eigenvalue weighted by Gasteiger charge is 2.39. The first-order chi connectivity index (χ1) is 5.04. The maximum absolute atomic E-state index is 10.8. The van der Waals surface area contributed by atoms with E-state index in [1.165, 1.54) is 0 Å². The molecule has 1 aliphatic rings. The molecule has 1 rings (SSSR count). The number of esters is 1. The lowest BCUT2D eigenvalue weighted by Crippen LogP contribution is -2.20. The summed E-state index contributed by atoms with van der Waals surface area (Å²) in [7, 11) is 0. The van der Waals surface area contributed by atoms with Gasteiger partial charge in [-0.2, -0.15) is 0 Å². The number of carbonyl (C=O) groups excluding carboxylic acids is 1. The van der Waals surface area contributed by atoms with Crippen LogP contribution < -0.4 is 0 Å². The summed E-state index contributed by atoms with van der Waals surface area (Å²) in [5.74, 6) is 0.0116. The number of hydrogen-bond acceptors (Lipinski definition) is 2. The number of carbonyl (C=O) groups is 1. The molecule has 0 spiro atoms. The minimum Gasteiger partial charge on any atom is -0.465 e. The fourth-order valence-electron chi connectivity index (χ4n) is 0.826. The lowest BCUT2D eigenvalue weighted by Gasteiger charge is -2.16. The van der Waals surface area contributed by atoms with E-state index < -0.39 is 0 Å². The summed E-state index contributed by atoms with van der Waals surface area (Å²) < 4.78 is 4.84. The fourth-order valence-corrected chi connectivity index (χ4v) is 0.826. The van der Waals surface area contributed by atoms with Gasteiger partial charge in [-0.05, 0) is 0 Å². The van der Waals surface area contributed by atoms with Crippen molar-refractivity contribution in [3.05, 3.63) is 0 Å². The Labute approximate surface area is 68.9 Å². The Morgan fingerprint density at radius 1 is 1.45 bits per heavy atom. The predicted molar refractivity (Wildman–Crippen MR) is 45.3 cm³/mol. The molecule has 1 saturated heterocycles. The molecule has 0 N–H and O–H groups in total. The molecule has 0 bridgehead atoms. The van der Waals surface area contributed by atoms with E-state index >= 15 is 0 Å². The summed E-state index contributed by atoms with van der Waals surface area (Å²) >= 11 is 0. The first kappa shape index (κ1) is 10.5. The van der Waals surface area contributed by atoms with Crippen molar-refractivity contribution < 1.29 is 9.53 Å². The summed E-state index contributed by atoms with van der Waals surface area (Å²) in [5.41, 5.74) is 0.0527. The van der Waals surface area contributed by atoms with Gasteiger partial charge < -0.3 is 4.74 Å². The molecule has 1 atom stereocenters. The van der Waals surface area contributed by atoms with Crippen LogP contribution in [0.5, 0.6) is 0 Å². The van der Waals surface area contributed by atoms with Crippen LogP contribution in [0.15, 0.2) is 0 Å². The van der Waals surface area contributed by atoms with Crippen molar-refractivity contribution in [1.29, 1.82) is 0 Å². The van der Waals surface area contributed by atoms with Gasteiger partial charge in [-0.1, -0.05) is 34.6 Å². The van der Waals surface area contributed by atoms with Crippen molar-refractivity contribution in [2.45, 2.75) is 34.6 Å². The summed E-state index contributed by atoms with van der Waals surface area (Å²) in [6, 6.07) is 0. The largest absolute Gasteiger partial charge is 0.465 e. The smallest absolute Gasteiger partial charge is 0.309 e. The second-order valence-corrected chi connectivity index (χ2v) is 3.32. The van der Waals surface area contributed by atoms with Gasteiger partial charge in [-0.3, -0.25) is 4.79 Å². The molecular weight excluding hydrogens is 140 g/mol. The predicted octanol–water partition coefficient (Wildman–Crippen LogP) is 2.23. The van der Waals surface area contributed by atoms with E-state index in [0.717, 1.165) is 0 Å². The van der Waals surface area contributed by atoms with Gasteiger partial charge in [-0.25, -0.2) is 0 Å². The number of ether oxygens (including phenoxy) is 1. The molecule has 0 aromatic heterocycles. The molecular formula is C9H18O2. The first-order valence-corrected chi connectivity index (χ1v) is 4.21. The van der Waals surface area contributed by atoms with Gasteiger partial charge in [-0.15, -0.1) is 0 Å². The van der Waals surface area contributed by atoms with Crippen LogP contribution in [0.2, 0.25) is 0 Å². The zero-order chi connectivity index (χ0) is 9.07. The van der Waals surface area contributed by atoms with E-state index in [-0.39, 0.29) is 17.3 Å². The fraction of sp³-hybridized carbons (Fsp3) is 0.889. The van der Waals surface area contributed by atoms with Gasteiger partial charge in [0.2, 0.25) is 0 Å². The molecule has 0 aromatic rings. The highest BCUT2D eigenvalue weighted by molar-refractivity contribution is 5.74. The minimum atomic E-state index is -0.0556. The zero-order valence-corrected chi connectivity index (χ0v) is 8.10. The quantitative estimate of drug-likeness (QED) is 0.505. The van der Waals surface area contributed by atoms with Crippen LogP contribution >= 0.6 is 0 Å². The van der Waals surface area contributed by atoms with Gasteiger partial charge in [0.15, 0.2) is 0 Å². The lowest BCUT2D eigenvalue weighted by atomic mass is 9.83. The van der Waals surface area contributed by atoms with E-state index in [0.29, 0.717) is 6.61 Å². The molecule has 0 amide bonds. The molecule has 1 heterocycles. The molecule has 11 heavy (non-hydrogen) atoms. The van der Waals surface area contributed by atoms with Crippen molar-refractivity contribution in [2.24, 2.45) is 11.3 Å². The molecule has 2 nitrogen and oxygen atoms in total. The van der Waals surface area contributed by atoms with Crippen molar-refractivity contribution in [3.63, 3.8) is 0 Å². The topological polar surface area (TPSA) is 26.3 Å². The standard InChI is InChI=1S/C7H12O2.C2H6/c1-5-6(8)9-4-7(5,2)3;1-2/h5H,4H2,1-3H3;1-2H3. The Morgan fingerprint density at radius 3 is 2.00 bits per heavy atom. The highest BCUT2D eigenvalue weighted by atomic mass is 16.5. The molecule has 0 aliphatic carbocycles. The van der Waals surface area contributed by atoms with Crippen LogP contribution in [0.1, 0.15) is 34.6 Å². The van der Waals surface area contributed by atoms with Crippen LogP contribution in [-0.2, 0) is 9.53 Å². The second-order valence-electron chi connectivity index (χ2n) is 3.32. The summed E-state index contributed by atoms with van der Waals surface area (Å²) in [6.45, 7) is 10.6. The van der Waals surface area contributed by atoms with E-state index in [4.69, 9.17) is 4.74 Å². The van der Waals surface area contributed by atoms with Crippen LogP contribution in [0.25, 0.3) is 0 Å². The van der Waals surface area contributed by atoms with E-state index in [2.05, 4.69) is 0 Å². The van der Waals surface area contributed by atoms with Gasteiger partial charge in [0.25, 0.3) is 0 Å². The molecule has 66 valence electrons. The molecule has 1 unspecified atom stereocenters. The number of rotatable bonds is 0. The molecule has 0 aromatic carbocycles. The third kappa shape index (κ3) is 2.21. The molecule has 2 heteroatoms. The minimum absolute atomic E-state index is 0.0527. The Balaban J connectivity index is 0.000000461. The average molecular weight is 158 g/mol. The Bertz CT molecular complexity index is 138. The molecule has 1 fully saturated rings. The van der Waals surface area contributed by atoms with E-state index in [9.17, 15) is 4.79 Å². The van der Waals surface area contributed by atoms with Gasteiger partial charge in [0, 0.05) is 5.41 Å². The normalized spacial score (nSPS) is 27.0. The molecule has 1 aliphatic heterocycles. The number of hydrogen-bond donors (Lipinski definition) is 0. The van der Waals surface area contributed by atoms with Crippen LogP contribution in [0.4, 0.5) is 0 Å². The van der Waals surface area contributed by atoms with Crippen molar-refractivity contribution in [3.8, 4) is 0 Å². The summed E-state index contributed by atoms with van der Waals surface area (Å²) in [4.78, 5) is 10.8. The van der Waals surface area contributed by atoms with Crippen molar-refractivity contribution in [2.75, 3.05) is 6.61 Å². The molecule has 0 saturated carbocycles. The third-order valence-corrected chi connectivity index (χ3v) is 2.11. The SMILES string of the molecule is CC.CC1C(=O)OCC1(C)C. The monoisotopic (exact) mass is 158 g/mol. The maximum Gasteiger partial charge on any atom is 0.309 e. The van der Waals surface area contributed by atoms with E-state index in [1.54, 1.807) is 0 Å². The number of cyclic esters (lactones) is 1. The average Bonchev–Trinajstić information content (AvgIpc) is 2.21. The highest BCUT2D eigenvalue weighted by Crippen LogP contribution is 2.33. The molecule has 0 radical (unpaired) electrons. The second kappa shape index (κ2) is 3.74. The third-order valence-electron chi connectivity index (χ3n) is 2.11. The zero-order valence-electron chi connectivity index (χ0n) is 8.10.